The average Bonchev–Trinajstić information content (AvgIpc) is 2.35. The summed E-state index contributed by atoms with van der Waals surface area (Å²) in [6, 6.07) is 7.61. The van der Waals surface area contributed by atoms with Crippen LogP contribution in [0.4, 0.5) is 5.69 Å². The molecule has 0 fully saturated rings. The van der Waals surface area contributed by atoms with E-state index in [2.05, 4.69) is 0 Å². The molecule has 5 heteroatoms. The molecule has 1 rings (SSSR count). The third kappa shape index (κ3) is 3.43. The minimum Gasteiger partial charge on any atom is -0.389 e. The molecule has 0 aliphatic carbocycles. The molecule has 2 N–H and O–H groups in total. The lowest BCUT2D eigenvalue weighted by atomic mass is 10.1. The molecule has 18 heavy (non-hydrogen) atoms. The number of thiocarbonyl (C=S) groups is 1. The maximum atomic E-state index is 11.8. The molecule has 0 heterocycles. The van der Waals surface area contributed by atoms with Crippen molar-refractivity contribution >= 4 is 28.8 Å². The van der Waals surface area contributed by atoms with Gasteiger partial charge in [0.25, 0.3) is 0 Å². The number of nitrogens with zero attached hydrogens (tertiary/aromatic N) is 2. The Morgan fingerprint density at radius 3 is 2.44 bits per heavy atom. The highest BCUT2D eigenvalue weighted by atomic mass is 32.1. The fourth-order valence-corrected chi connectivity index (χ4v) is 1.80. The normalized spacial score (nSPS) is 9.94. The Hall–Kier alpha value is -1.62. The number of hydrogen-bond acceptors (Lipinski definition) is 3. The number of amides is 1. The van der Waals surface area contributed by atoms with Crippen LogP contribution in [0.3, 0.4) is 0 Å². The first-order chi connectivity index (χ1) is 8.47. The molecule has 4 nitrogen and oxygen atoms in total. The lowest BCUT2D eigenvalue weighted by molar-refractivity contribution is -0.127. The van der Waals surface area contributed by atoms with E-state index >= 15 is 0 Å². The first-order valence-corrected chi connectivity index (χ1v) is 6.22. The smallest absolute Gasteiger partial charge is 0.241 e. The van der Waals surface area contributed by atoms with E-state index in [1.165, 1.54) is 0 Å². The largest absolute Gasteiger partial charge is 0.389 e. The lowest BCUT2D eigenvalue weighted by Gasteiger charge is -2.26. The van der Waals surface area contributed by atoms with Crippen molar-refractivity contribution in [2.75, 3.05) is 32.1 Å². The molecule has 1 aromatic carbocycles. The van der Waals surface area contributed by atoms with Crippen molar-refractivity contribution < 1.29 is 4.79 Å². The molecule has 1 amide bonds. The van der Waals surface area contributed by atoms with Crippen LogP contribution in [0, 0.1) is 0 Å². The number of likely N-dealkylation sites (N-methyl/N-ethyl adjacent to an activating group) is 2. The van der Waals surface area contributed by atoms with E-state index in [9.17, 15) is 4.79 Å². The van der Waals surface area contributed by atoms with Gasteiger partial charge in [-0.3, -0.25) is 4.79 Å². The molecule has 0 saturated carbocycles. The molecule has 0 spiro atoms. The highest BCUT2D eigenvalue weighted by Crippen LogP contribution is 2.20. The minimum atomic E-state index is 0.0505. The Morgan fingerprint density at radius 2 is 1.94 bits per heavy atom. The van der Waals surface area contributed by atoms with Gasteiger partial charge in [-0.2, -0.15) is 0 Å². The summed E-state index contributed by atoms with van der Waals surface area (Å²) in [6.45, 7) is 3.04. The first kappa shape index (κ1) is 14.4. The van der Waals surface area contributed by atoms with Gasteiger partial charge in [0.05, 0.1) is 6.54 Å². The maximum Gasteiger partial charge on any atom is 0.241 e. The van der Waals surface area contributed by atoms with E-state index in [1.807, 2.05) is 36.1 Å². The molecule has 0 saturated heterocycles. The molecule has 0 aliphatic heterocycles. The minimum absolute atomic E-state index is 0.0505. The predicted octanol–water partition coefficient (Wildman–Crippen LogP) is 1.24. The molecule has 0 atom stereocenters. The quantitative estimate of drug-likeness (QED) is 0.814. The lowest BCUT2D eigenvalue weighted by Crippen LogP contribution is -2.37. The zero-order valence-electron chi connectivity index (χ0n) is 11.0. The van der Waals surface area contributed by atoms with Crippen LogP contribution in [-0.2, 0) is 4.79 Å². The summed E-state index contributed by atoms with van der Waals surface area (Å²) in [7, 11) is 3.49. The number of rotatable bonds is 5. The summed E-state index contributed by atoms with van der Waals surface area (Å²) in [5.74, 6) is 0.0505. The van der Waals surface area contributed by atoms with E-state index in [4.69, 9.17) is 18.0 Å². The molecular weight excluding hydrogens is 246 g/mol. The van der Waals surface area contributed by atoms with Crippen molar-refractivity contribution in [3.8, 4) is 0 Å². The fourth-order valence-electron chi connectivity index (χ4n) is 1.63. The van der Waals surface area contributed by atoms with Crippen LogP contribution in [0.1, 0.15) is 12.5 Å². The number of hydrogen-bond donors (Lipinski definition) is 1. The molecule has 0 aromatic heterocycles. The molecule has 0 radical (unpaired) electrons. The van der Waals surface area contributed by atoms with Crippen molar-refractivity contribution in [2.45, 2.75) is 6.92 Å². The van der Waals surface area contributed by atoms with Crippen LogP contribution < -0.4 is 10.6 Å². The second-order valence-electron chi connectivity index (χ2n) is 4.18. The van der Waals surface area contributed by atoms with Crippen molar-refractivity contribution in [3.05, 3.63) is 29.8 Å². The van der Waals surface area contributed by atoms with Crippen LogP contribution in [0.25, 0.3) is 0 Å². The Balaban J connectivity index is 3.02. The summed E-state index contributed by atoms with van der Waals surface area (Å²) in [5, 5.41) is 0. The van der Waals surface area contributed by atoms with Crippen LogP contribution >= 0.6 is 12.2 Å². The fraction of sp³-hybridized carbons (Fsp3) is 0.385. The SMILES string of the molecule is CCN(CC(=O)N(C)C)c1ccccc1C(N)=S. The highest BCUT2D eigenvalue weighted by molar-refractivity contribution is 7.80. The van der Waals surface area contributed by atoms with Crippen LogP contribution in [0.15, 0.2) is 24.3 Å². The topological polar surface area (TPSA) is 49.6 Å². The van der Waals surface area contributed by atoms with Crippen molar-refractivity contribution in [2.24, 2.45) is 5.73 Å². The predicted molar refractivity (Wildman–Crippen MR) is 78.9 cm³/mol. The second kappa shape index (κ2) is 6.35. The summed E-state index contributed by atoms with van der Waals surface area (Å²) in [5.41, 5.74) is 7.42. The monoisotopic (exact) mass is 265 g/mol. The van der Waals surface area contributed by atoms with E-state index in [1.54, 1.807) is 19.0 Å². The average molecular weight is 265 g/mol. The van der Waals surface area contributed by atoms with Gasteiger partial charge in [0.15, 0.2) is 0 Å². The van der Waals surface area contributed by atoms with E-state index < -0.39 is 0 Å². The van der Waals surface area contributed by atoms with E-state index in [-0.39, 0.29) is 5.91 Å². The Labute approximate surface area is 113 Å². The molecule has 0 aliphatic rings. The molecule has 98 valence electrons. The number of benzene rings is 1. The zero-order chi connectivity index (χ0) is 13.7. The number of carbonyl (C=O) groups excluding carboxylic acids is 1. The number of carbonyl (C=O) groups is 1. The standard InChI is InChI=1S/C13H19N3OS/c1-4-16(9-12(17)15(2)3)11-8-6-5-7-10(11)13(14)18/h5-8H,4,9H2,1-3H3,(H2,14,18). The van der Waals surface area contributed by atoms with Crippen LogP contribution in [0.5, 0.6) is 0 Å². The molecule has 0 unspecified atom stereocenters. The summed E-state index contributed by atoms with van der Waals surface area (Å²) >= 11 is 5.04. The van der Waals surface area contributed by atoms with Gasteiger partial charge in [-0.1, -0.05) is 24.4 Å². The third-order valence-electron chi connectivity index (χ3n) is 2.72. The van der Waals surface area contributed by atoms with Gasteiger partial charge >= 0.3 is 0 Å². The summed E-state index contributed by atoms with van der Waals surface area (Å²) in [4.78, 5) is 15.7. The molecule has 0 bridgehead atoms. The van der Waals surface area contributed by atoms with Gasteiger partial charge in [-0.05, 0) is 19.1 Å². The van der Waals surface area contributed by atoms with Gasteiger partial charge in [-0.25, -0.2) is 0 Å². The van der Waals surface area contributed by atoms with Crippen molar-refractivity contribution in [1.82, 2.24) is 4.90 Å². The van der Waals surface area contributed by atoms with Gasteiger partial charge < -0.3 is 15.5 Å². The Kier molecular flexibility index (Phi) is 5.09. The van der Waals surface area contributed by atoms with Crippen LogP contribution in [-0.4, -0.2) is 43.0 Å². The van der Waals surface area contributed by atoms with Gasteiger partial charge in [0.1, 0.15) is 4.99 Å². The van der Waals surface area contributed by atoms with Gasteiger partial charge in [0, 0.05) is 31.9 Å². The number of nitrogens with two attached hydrogens (primary N) is 1. The van der Waals surface area contributed by atoms with E-state index in [0.29, 0.717) is 11.5 Å². The Morgan fingerprint density at radius 1 is 1.33 bits per heavy atom. The number of para-hydroxylation sites is 1. The third-order valence-corrected chi connectivity index (χ3v) is 2.94. The number of anilines is 1. The van der Waals surface area contributed by atoms with Crippen molar-refractivity contribution in [3.63, 3.8) is 0 Å². The second-order valence-corrected chi connectivity index (χ2v) is 4.62. The van der Waals surface area contributed by atoms with Crippen LogP contribution in [0.2, 0.25) is 0 Å². The zero-order valence-corrected chi connectivity index (χ0v) is 11.8. The highest BCUT2D eigenvalue weighted by Gasteiger charge is 2.15. The van der Waals surface area contributed by atoms with Gasteiger partial charge in [-0.15, -0.1) is 0 Å². The Bertz CT molecular complexity index is 446. The summed E-state index contributed by atoms with van der Waals surface area (Å²) in [6.07, 6.45) is 0. The molecular formula is C13H19N3OS. The van der Waals surface area contributed by atoms with Crippen molar-refractivity contribution in [1.29, 1.82) is 0 Å². The van der Waals surface area contributed by atoms with Gasteiger partial charge in [0.2, 0.25) is 5.91 Å². The summed E-state index contributed by atoms with van der Waals surface area (Å²) < 4.78 is 0. The molecule has 1 aromatic rings. The first-order valence-electron chi connectivity index (χ1n) is 5.81. The maximum absolute atomic E-state index is 11.8. The van der Waals surface area contributed by atoms with E-state index in [0.717, 1.165) is 17.8 Å².